The van der Waals surface area contributed by atoms with Gasteiger partial charge in [0, 0.05) is 12.0 Å². The summed E-state index contributed by atoms with van der Waals surface area (Å²) in [6.45, 7) is 16.6. The van der Waals surface area contributed by atoms with E-state index < -0.39 is 30.2 Å². The van der Waals surface area contributed by atoms with Crippen LogP contribution in [0.25, 0.3) is 0 Å². The summed E-state index contributed by atoms with van der Waals surface area (Å²) in [6.07, 6.45) is 7.26. The van der Waals surface area contributed by atoms with E-state index in [0.717, 1.165) is 32.1 Å². The van der Waals surface area contributed by atoms with Crippen LogP contribution in [0, 0.1) is 50.7 Å². The van der Waals surface area contributed by atoms with Crippen molar-refractivity contribution in [2.24, 2.45) is 50.7 Å². The van der Waals surface area contributed by atoms with Crippen LogP contribution in [0.1, 0.15) is 110 Å². The van der Waals surface area contributed by atoms with Gasteiger partial charge in [-0.2, -0.15) is 0 Å². The topological polar surface area (TPSA) is 122 Å². The Labute approximate surface area is 286 Å². The van der Waals surface area contributed by atoms with Crippen LogP contribution in [0.4, 0.5) is 0 Å². The van der Waals surface area contributed by atoms with E-state index in [1.54, 1.807) is 30.9 Å². The highest BCUT2D eigenvalue weighted by molar-refractivity contribution is 5.91. The zero-order valence-electron chi connectivity index (χ0n) is 30.1. The number of hydrogen-bond acceptors (Lipinski definition) is 8. The Hall–Kier alpha value is -1.49. The maximum Gasteiger partial charge on any atom is 0.289 e. The van der Waals surface area contributed by atoms with E-state index in [1.165, 1.54) is 19.1 Å². The third-order valence-electron chi connectivity index (χ3n) is 16.2. The largest absolute Gasteiger partial charge is 0.459 e. The maximum absolute atomic E-state index is 13.0. The lowest BCUT2D eigenvalue weighted by Crippen LogP contribution is -2.60. The molecule has 1 aromatic rings. The number of amides is 1. The third-order valence-corrected chi connectivity index (χ3v) is 16.2. The predicted octanol–water partition coefficient (Wildman–Crippen LogP) is 5.41. The molecule has 0 bridgehead atoms. The van der Waals surface area contributed by atoms with Gasteiger partial charge >= 0.3 is 0 Å². The van der Waals surface area contributed by atoms with Gasteiger partial charge in [0.2, 0.25) is 0 Å². The summed E-state index contributed by atoms with van der Waals surface area (Å²) in [5, 5.41) is 34.1. The number of aliphatic hydroxyl groups excluding tert-OH is 2. The fourth-order valence-corrected chi connectivity index (χ4v) is 13.8. The van der Waals surface area contributed by atoms with Crippen LogP contribution in [0.3, 0.4) is 0 Å². The minimum atomic E-state index is -1.26. The third kappa shape index (κ3) is 4.33. The first-order valence-corrected chi connectivity index (χ1v) is 18.8. The Kier molecular flexibility index (Phi) is 7.55. The zero-order chi connectivity index (χ0) is 34.2. The molecule has 5 saturated carbocycles. The van der Waals surface area contributed by atoms with Gasteiger partial charge in [-0.1, -0.05) is 34.6 Å². The van der Waals surface area contributed by atoms with Crippen molar-refractivity contribution in [1.82, 2.24) is 4.90 Å². The van der Waals surface area contributed by atoms with Crippen molar-refractivity contribution in [1.29, 1.82) is 0 Å². The second-order valence-corrected chi connectivity index (χ2v) is 18.8. The predicted molar refractivity (Wildman–Crippen MR) is 178 cm³/mol. The monoisotopic (exact) mass is 669 g/mol. The molecule has 48 heavy (non-hydrogen) atoms. The van der Waals surface area contributed by atoms with E-state index in [0.29, 0.717) is 43.7 Å². The Balaban J connectivity index is 1.01. The highest BCUT2D eigenvalue weighted by atomic mass is 16.7. The van der Waals surface area contributed by atoms with Crippen LogP contribution in [-0.2, 0) is 14.2 Å². The molecular formula is C39H59NO8. The second kappa shape index (κ2) is 10.8. The van der Waals surface area contributed by atoms with Gasteiger partial charge in [-0.25, -0.2) is 0 Å². The van der Waals surface area contributed by atoms with Crippen molar-refractivity contribution in [3.8, 4) is 0 Å². The molecule has 9 heteroatoms. The molecular weight excluding hydrogens is 610 g/mol. The van der Waals surface area contributed by atoms with Gasteiger partial charge in [0.05, 0.1) is 49.4 Å². The van der Waals surface area contributed by atoms with Crippen molar-refractivity contribution < 1.29 is 38.7 Å². The van der Waals surface area contributed by atoms with E-state index in [9.17, 15) is 20.1 Å². The van der Waals surface area contributed by atoms with Crippen LogP contribution in [0.2, 0.25) is 0 Å². The fraction of sp³-hybridized carbons (Fsp3) is 0.872. The highest BCUT2D eigenvalue weighted by Gasteiger charge is 2.84. The van der Waals surface area contributed by atoms with Gasteiger partial charge in [0.15, 0.2) is 12.1 Å². The maximum atomic E-state index is 13.0. The molecule has 5 aliphatic carbocycles. The molecule has 7 fully saturated rings. The summed E-state index contributed by atoms with van der Waals surface area (Å²) in [6, 6.07) is 3.45. The number of carbonyl (C=O) groups is 1. The zero-order valence-corrected chi connectivity index (χ0v) is 30.1. The molecule has 268 valence electrons. The number of ether oxygens (including phenoxy) is 3. The van der Waals surface area contributed by atoms with Gasteiger partial charge in [-0.3, -0.25) is 4.79 Å². The Morgan fingerprint density at radius 3 is 2.52 bits per heavy atom. The lowest BCUT2D eigenvalue weighted by molar-refractivity contribution is -0.245. The Bertz CT molecular complexity index is 1410. The first-order chi connectivity index (χ1) is 22.5. The quantitative estimate of drug-likeness (QED) is 0.381. The average Bonchev–Trinajstić information content (AvgIpc) is 3.29. The Morgan fingerprint density at radius 1 is 1.08 bits per heavy atom. The summed E-state index contributed by atoms with van der Waals surface area (Å²) < 4.78 is 24.9. The van der Waals surface area contributed by atoms with Crippen LogP contribution in [0.15, 0.2) is 22.8 Å². The number of morpholine rings is 1. The first kappa shape index (κ1) is 33.6. The molecule has 2 saturated heterocycles. The molecule has 14 atom stereocenters. The molecule has 3 heterocycles. The van der Waals surface area contributed by atoms with E-state index in [1.807, 2.05) is 0 Å². The van der Waals surface area contributed by atoms with Crippen molar-refractivity contribution in [3.63, 3.8) is 0 Å². The van der Waals surface area contributed by atoms with Crippen LogP contribution in [0.5, 0.6) is 0 Å². The summed E-state index contributed by atoms with van der Waals surface area (Å²) in [7, 11) is 0. The number of rotatable bonds is 5. The first-order valence-electron chi connectivity index (χ1n) is 18.8. The van der Waals surface area contributed by atoms with Crippen LogP contribution < -0.4 is 0 Å². The van der Waals surface area contributed by atoms with Crippen molar-refractivity contribution >= 4 is 5.91 Å². The molecule has 2 spiro atoms. The summed E-state index contributed by atoms with van der Waals surface area (Å²) in [5.74, 6) is 1.69. The number of hydrogen-bond donors (Lipinski definition) is 3. The van der Waals surface area contributed by atoms with E-state index in [4.69, 9.17) is 18.6 Å². The number of aliphatic hydroxyl groups is 3. The van der Waals surface area contributed by atoms with E-state index >= 15 is 0 Å². The SMILES string of the molecule is C[C@@H]1CC([C@H](O)C(C)(C)O)OC2[C@H]1[C@@]1(C)CC[C@@]34C[C@@]35CC[C@H](O[C@H]3CN(C(=O)c6ccco6)CCO3)C(C)(C)[C@@H]5CCC4[C@]1(C)[C@H]2O. The smallest absolute Gasteiger partial charge is 0.289 e. The summed E-state index contributed by atoms with van der Waals surface area (Å²) in [5.41, 5.74) is -1.16. The lowest BCUT2D eigenvalue weighted by atomic mass is 9.41. The van der Waals surface area contributed by atoms with Crippen LogP contribution in [-0.4, -0.2) is 88.2 Å². The Morgan fingerprint density at radius 2 is 1.81 bits per heavy atom. The van der Waals surface area contributed by atoms with Crippen molar-refractivity contribution in [2.45, 2.75) is 142 Å². The average molecular weight is 670 g/mol. The molecule has 0 aromatic carbocycles. The van der Waals surface area contributed by atoms with Gasteiger partial charge < -0.3 is 38.8 Å². The second-order valence-electron chi connectivity index (χ2n) is 18.8. The van der Waals surface area contributed by atoms with Gasteiger partial charge in [0.1, 0.15) is 6.10 Å². The normalized spacial score (nSPS) is 50.0. The summed E-state index contributed by atoms with van der Waals surface area (Å²) >= 11 is 0. The molecule has 0 radical (unpaired) electrons. The van der Waals surface area contributed by atoms with Crippen molar-refractivity contribution in [2.75, 3.05) is 19.7 Å². The molecule has 7 aliphatic rings. The summed E-state index contributed by atoms with van der Waals surface area (Å²) in [4.78, 5) is 14.8. The standard InChI is InChI=1S/C39H59NO8/c1-22-19-24(31(41)35(4,5)44)47-30-29(22)36(6)14-15-39-21-38(39)13-12-27(34(2,3)25(38)10-11-26(39)37(36,7)32(30)42)48-28-20-40(16-18-46-28)33(43)23-9-8-17-45-23/h8-9,17,22,24-32,41-42,44H,10-16,18-21H2,1-7H3/t22-,24?,25+,26?,27+,28+,29+,30?,31+,32+,36-,37-,38-,39+/m1/s1. The molecule has 3 unspecified atom stereocenters. The molecule has 8 rings (SSSR count). The number of fused-ring (bicyclic) bond motifs is 4. The number of furan rings is 1. The lowest BCUT2D eigenvalue weighted by Gasteiger charge is -2.64. The van der Waals surface area contributed by atoms with E-state index in [-0.39, 0.29) is 57.0 Å². The van der Waals surface area contributed by atoms with Gasteiger partial charge in [-0.15, -0.1) is 0 Å². The van der Waals surface area contributed by atoms with Crippen LogP contribution >= 0.6 is 0 Å². The minimum absolute atomic E-state index is 0.0451. The molecule has 9 nitrogen and oxygen atoms in total. The van der Waals surface area contributed by atoms with Crippen molar-refractivity contribution in [3.05, 3.63) is 24.2 Å². The molecule has 1 amide bonds. The highest BCUT2D eigenvalue weighted by Crippen LogP contribution is 2.89. The fourth-order valence-electron chi connectivity index (χ4n) is 13.8. The molecule has 3 N–H and O–H groups in total. The van der Waals surface area contributed by atoms with Gasteiger partial charge in [-0.05, 0) is 123 Å². The number of nitrogens with zero attached hydrogens (tertiary/aromatic N) is 1. The van der Waals surface area contributed by atoms with E-state index in [2.05, 4.69) is 34.6 Å². The van der Waals surface area contributed by atoms with Gasteiger partial charge in [0.25, 0.3) is 5.91 Å². The number of carbonyl (C=O) groups excluding carboxylic acids is 1. The molecule has 2 aliphatic heterocycles. The minimum Gasteiger partial charge on any atom is -0.459 e. The molecule has 1 aromatic heterocycles.